The summed E-state index contributed by atoms with van der Waals surface area (Å²) in [4.78, 5) is 11.4. The first kappa shape index (κ1) is 13.1. The lowest BCUT2D eigenvalue weighted by molar-refractivity contribution is -0.138. The molecule has 0 saturated carbocycles. The van der Waals surface area contributed by atoms with E-state index in [2.05, 4.69) is 0 Å². The van der Waals surface area contributed by atoms with Crippen molar-refractivity contribution in [2.75, 3.05) is 0 Å². The fourth-order valence-electron chi connectivity index (χ4n) is 2.50. The van der Waals surface area contributed by atoms with Gasteiger partial charge in [-0.1, -0.05) is 19.4 Å². The molecule has 1 aromatic rings. The molecule has 4 heteroatoms. The second-order valence-corrected chi connectivity index (χ2v) is 4.72. The van der Waals surface area contributed by atoms with Gasteiger partial charge in [0.1, 0.15) is 5.78 Å². The molecule has 1 aromatic carbocycles. The number of fused-ring (bicyclic) bond motifs is 1. The largest absolute Gasteiger partial charge is 0.416 e. The van der Waals surface area contributed by atoms with E-state index in [0.29, 0.717) is 24.0 Å². The van der Waals surface area contributed by atoms with Crippen molar-refractivity contribution in [2.45, 2.75) is 45.2 Å². The fraction of sp³-hybridized carbons (Fsp3) is 0.500. The van der Waals surface area contributed by atoms with E-state index in [9.17, 15) is 18.0 Å². The summed E-state index contributed by atoms with van der Waals surface area (Å²) in [5.74, 6) is 0.0158. The van der Waals surface area contributed by atoms with Crippen molar-refractivity contribution in [3.63, 3.8) is 0 Å². The maximum atomic E-state index is 13.0. The molecule has 1 nitrogen and oxygen atoms in total. The Hall–Kier alpha value is -1.32. The highest BCUT2D eigenvalue weighted by atomic mass is 19.4. The van der Waals surface area contributed by atoms with Crippen LogP contribution in [0, 0.1) is 0 Å². The summed E-state index contributed by atoms with van der Waals surface area (Å²) in [6.45, 7) is 1.95. The number of alkyl halides is 3. The lowest BCUT2D eigenvalue weighted by Gasteiger charge is -2.16. The van der Waals surface area contributed by atoms with Crippen LogP contribution in [0.1, 0.15) is 42.0 Å². The second-order valence-electron chi connectivity index (χ2n) is 4.72. The van der Waals surface area contributed by atoms with E-state index in [1.54, 1.807) is 0 Å². The van der Waals surface area contributed by atoms with Crippen LogP contribution in [0.3, 0.4) is 0 Å². The van der Waals surface area contributed by atoms with Gasteiger partial charge < -0.3 is 0 Å². The van der Waals surface area contributed by atoms with Crippen LogP contribution in [0.5, 0.6) is 0 Å². The minimum absolute atomic E-state index is 0.0158. The number of hydrogen-bond donors (Lipinski definition) is 0. The minimum atomic E-state index is -4.33. The lowest BCUT2D eigenvalue weighted by atomic mass is 9.93. The lowest BCUT2D eigenvalue weighted by Crippen LogP contribution is -2.12. The van der Waals surface area contributed by atoms with E-state index in [4.69, 9.17) is 0 Å². The smallest absolute Gasteiger partial charge is 0.299 e. The molecule has 0 atom stereocenters. The summed E-state index contributed by atoms with van der Waals surface area (Å²) in [6, 6.07) is 2.58. The molecule has 0 N–H and O–H groups in total. The maximum Gasteiger partial charge on any atom is 0.416 e. The highest BCUT2D eigenvalue weighted by Gasteiger charge is 2.36. The summed E-state index contributed by atoms with van der Waals surface area (Å²) < 4.78 is 38.9. The molecule has 0 fully saturated rings. The van der Waals surface area contributed by atoms with Crippen molar-refractivity contribution < 1.29 is 18.0 Å². The highest BCUT2D eigenvalue weighted by Crippen LogP contribution is 2.37. The number of unbranched alkanes of at least 4 members (excludes halogenated alkanes) is 1. The number of benzene rings is 1. The van der Waals surface area contributed by atoms with Crippen LogP contribution in [0.25, 0.3) is 0 Å². The van der Waals surface area contributed by atoms with Crippen LogP contribution in [-0.2, 0) is 30.2 Å². The summed E-state index contributed by atoms with van der Waals surface area (Å²) >= 11 is 0. The third kappa shape index (κ3) is 2.42. The van der Waals surface area contributed by atoms with Gasteiger partial charge in [-0.25, -0.2) is 0 Å². The zero-order valence-corrected chi connectivity index (χ0v) is 10.2. The molecule has 18 heavy (non-hydrogen) atoms. The van der Waals surface area contributed by atoms with Crippen molar-refractivity contribution in [3.8, 4) is 0 Å². The second kappa shape index (κ2) is 4.75. The summed E-state index contributed by atoms with van der Waals surface area (Å²) in [7, 11) is 0. The standard InChI is InChI=1S/C14H15F3O/c1-2-3-4-11-12-8-10(18)7-9(12)5-6-13(11)14(15,16)17/h5-6H,2-4,7-8H2,1H3. The predicted molar refractivity (Wildman–Crippen MR) is 62.5 cm³/mol. The first-order valence-electron chi connectivity index (χ1n) is 6.16. The monoisotopic (exact) mass is 256 g/mol. The predicted octanol–water partition coefficient (Wildman–Crippen LogP) is 3.72. The van der Waals surface area contributed by atoms with Gasteiger partial charge >= 0.3 is 6.18 Å². The van der Waals surface area contributed by atoms with Gasteiger partial charge in [0.15, 0.2) is 0 Å². The molecule has 0 amide bonds. The molecular formula is C14H15F3O. The topological polar surface area (TPSA) is 17.1 Å². The Labute approximate surface area is 104 Å². The van der Waals surface area contributed by atoms with Gasteiger partial charge in [0.2, 0.25) is 0 Å². The van der Waals surface area contributed by atoms with Gasteiger partial charge in [-0.3, -0.25) is 4.79 Å². The molecule has 0 saturated heterocycles. The van der Waals surface area contributed by atoms with Crippen LogP contribution in [0.15, 0.2) is 12.1 Å². The molecule has 2 rings (SSSR count). The van der Waals surface area contributed by atoms with Crippen molar-refractivity contribution in [2.24, 2.45) is 0 Å². The maximum absolute atomic E-state index is 13.0. The molecule has 0 bridgehead atoms. The van der Waals surface area contributed by atoms with Crippen molar-refractivity contribution >= 4 is 5.78 Å². The van der Waals surface area contributed by atoms with Crippen LogP contribution >= 0.6 is 0 Å². The first-order chi connectivity index (χ1) is 8.43. The van der Waals surface area contributed by atoms with Crippen LogP contribution in [0.4, 0.5) is 13.2 Å². The highest BCUT2D eigenvalue weighted by molar-refractivity contribution is 5.88. The Morgan fingerprint density at radius 2 is 1.94 bits per heavy atom. The van der Waals surface area contributed by atoms with Crippen molar-refractivity contribution in [1.82, 2.24) is 0 Å². The number of rotatable bonds is 3. The van der Waals surface area contributed by atoms with Gasteiger partial charge in [-0.2, -0.15) is 13.2 Å². The van der Waals surface area contributed by atoms with E-state index < -0.39 is 11.7 Å². The van der Waals surface area contributed by atoms with E-state index in [1.165, 1.54) is 6.07 Å². The van der Waals surface area contributed by atoms with Crippen LogP contribution in [-0.4, -0.2) is 5.78 Å². The normalized spacial score (nSPS) is 15.0. The fourth-order valence-corrected chi connectivity index (χ4v) is 2.50. The SMILES string of the molecule is CCCCc1c(C(F)(F)F)ccc2c1CC(=O)C2. The van der Waals surface area contributed by atoms with E-state index >= 15 is 0 Å². The molecule has 0 spiro atoms. The molecule has 0 heterocycles. The number of ketones is 1. The Bertz CT molecular complexity index is 475. The minimum Gasteiger partial charge on any atom is -0.299 e. The zero-order valence-electron chi connectivity index (χ0n) is 10.2. The average Bonchev–Trinajstić information content (AvgIpc) is 2.64. The Morgan fingerprint density at radius 1 is 1.22 bits per heavy atom. The van der Waals surface area contributed by atoms with Gasteiger partial charge in [0, 0.05) is 12.8 Å². The van der Waals surface area contributed by atoms with Gasteiger partial charge in [0.05, 0.1) is 5.56 Å². The van der Waals surface area contributed by atoms with Gasteiger partial charge in [-0.15, -0.1) is 0 Å². The molecule has 98 valence electrons. The van der Waals surface area contributed by atoms with Gasteiger partial charge in [-0.05, 0) is 35.6 Å². The van der Waals surface area contributed by atoms with Crippen molar-refractivity contribution in [3.05, 3.63) is 34.4 Å². The number of hydrogen-bond acceptors (Lipinski definition) is 1. The third-order valence-corrected chi connectivity index (χ3v) is 3.38. The third-order valence-electron chi connectivity index (χ3n) is 3.38. The molecule has 0 aliphatic heterocycles. The number of Topliss-reactive ketones (excluding diaryl/α,β-unsaturated/α-hetero) is 1. The molecule has 0 aromatic heterocycles. The Kier molecular flexibility index (Phi) is 3.46. The quantitative estimate of drug-likeness (QED) is 0.805. The average molecular weight is 256 g/mol. The van der Waals surface area contributed by atoms with Gasteiger partial charge in [0.25, 0.3) is 0 Å². The summed E-state index contributed by atoms with van der Waals surface area (Å²) in [5.41, 5.74) is 1.18. The molecule has 1 aliphatic carbocycles. The number of carbonyl (C=O) groups is 1. The Morgan fingerprint density at radius 3 is 2.56 bits per heavy atom. The van der Waals surface area contributed by atoms with E-state index in [0.717, 1.165) is 18.1 Å². The number of halogens is 3. The van der Waals surface area contributed by atoms with E-state index in [-0.39, 0.29) is 18.6 Å². The number of carbonyl (C=O) groups excluding carboxylic acids is 1. The molecule has 1 aliphatic rings. The van der Waals surface area contributed by atoms with Crippen LogP contribution < -0.4 is 0 Å². The molecular weight excluding hydrogens is 241 g/mol. The first-order valence-corrected chi connectivity index (χ1v) is 6.16. The molecule has 0 unspecified atom stereocenters. The Balaban J connectivity index is 2.49. The van der Waals surface area contributed by atoms with E-state index in [1.807, 2.05) is 6.92 Å². The summed E-state index contributed by atoms with van der Waals surface area (Å²) in [6.07, 6.45) is -1.92. The van der Waals surface area contributed by atoms with Crippen molar-refractivity contribution in [1.29, 1.82) is 0 Å². The molecule has 0 radical (unpaired) electrons. The summed E-state index contributed by atoms with van der Waals surface area (Å²) in [5, 5.41) is 0. The van der Waals surface area contributed by atoms with Crippen LogP contribution in [0.2, 0.25) is 0 Å². The zero-order chi connectivity index (χ0) is 13.3.